The molecule has 2 N–H and O–H groups in total. The van der Waals surface area contributed by atoms with Crippen LogP contribution in [0.3, 0.4) is 0 Å². The summed E-state index contributed by atoms with van der Waals surface area (Å²) < 4.78 is 31.0. The molecule has 0 unspecified atom stereocenters. The molecule has 0 aliphatic heterocycles. The molecule has 1 aromatic rings. The zero-order valence-electron chi connectivity index (χ0n) is 10.6. The van der Waals surface area contributed by atoms with Crippen LogP contribution in [0.2, 0.25) is 0 Å². The number of hydrogen-bond acceptors (Lipinski definition) is 5. The fourth-order valence-corrected chi connectivity index (χ4v) is 1.81. The van der Waals surface area contributed by atoms with E-state index in [1.54, 1.807) is 6.92 Å². The maximum absolute atomic E-state index is 11.7. The van der Waals surface area contributed by atoms with Crippen molar-refractivity contribution in [2.75, 3.05) is 19.4 Å². The number of nitrogens with one attached hydrogen (secondary N) is 2. The number of nitrogens with zero attached hydrogens (tertiary/aromatic N) is 2. The van der Waals surface area contributed by atoms with Crippen molar-refractivity contribution in [3.63, 3.8) is 0 Å². The minimum atomic E-state index is -3.65. The Hall–Kier alpha value is -1.45. The van der Waals surface area contributed by atoms with Crippen LogP contribution in [0.25, 0.3) is 0 Å². The van der Waals surface area contributed by atoms with Crippen molar-refractivity contribution in [2.45, 2.75) is 19.9 Å². The Morgan fingerprint density at radius 3 is 2.56 bits per heavy atom. The quantitative estimate of drug-likeness (QED) is 0.768. The third kappa shape index (κ3) is 3.79. The smallest absolute Gasteiger partial charge is 0.279 e. The van der Waals surface area contributed by atoms with E-state index in [1.165, 1.54) is 27.1 Å². The van der Waals surface area contributed by atoms with Crippen LogP contribution in [0, 0.1) is 6.92 Å². The van der Waals surface area contributed by atoms with Gasteiger partial charge in [0.25, 0.3) is 10.2 Å². The number of rotatable bonds is 5. The van der Waals surface area contributed by atoms with Crippen molar-refractivity contribution in [3.05, 3.63) is 11.8 Å². The molecule has 1 amide bonds. The highest BCUT2D eigenvalue weighted by atomic mass is 32.2. The highest BCUT2D eigenvalue weighted by Gasteiger charge is 2.22. The van der Waals surface area contributed by atoms with Crippen molar-refractivity contribution < 1.29 is 17.7 Å². The van der Waals surface area contributed by atoms with Gasteiger partial charge in [0.15, 0.2) is 5.82 Å². The normalized spacial score (nSPS) is 13.6. The van der Waals surface area contributed by atoms with Gasteiger partial charge in [-0.2, -0.15) is 17.4 Å². The molecule has 8 nitrogen and oxygen atoms in total. The third-order valence-corrected chi connectivity index (χ3v) is 3.69. The topological polar surface area (TPSA) is 105 Å². The third-order valence-electron chi connectivity index (χ3n) is 2.08. The summed E-state index contributed by atoms with van der Waals surface area (Å²) in [5.41, 5.74) is 0. The Labute approximate surface area is 106 Å². The van der Waals surface area contributed by atoms with Gasteiger partial charge in [0.2, 0.25) is 5.91 Å². The maximum atomic E-state index is 11.7. The van der Waals surface area contributed by atoms with E-state index >= 15 is 0 Å². The fraction of sp³-hybridized carbons (Fsp3) is 0.556. The van der Waals surface area contributed by atoms with Crippen molar-refractivity contribution in [1.82, 2.24) is 14.2 Å². The highest BCUT2D eigenvalue weighted by Crippen LogP contribution is 2.07. The minimum absolute atomic E-state index is 0.244. The monoisotopic (exact) mass is 276 g/mol. The van der Waals surface area contributed by atoms with Crippen LogP contribution in [-0.4, -0.2) is 43.9 Å². The second-order valence-electron chi connectivity index (χ2n) is 3.94. The number of aromatic nitrogens is 1. The van der Waals surface area contributed by atoms with Gasteiger partial charge in [-0.3, -0.25) is 4.79 Å². The molecule has 0 saturated heterocycles. The van der Waals surface area contributed by atoms with Gasteiger partial charge < -0.3 is 9.84 Å². The predicted octanol–water partition coefficient (Wildman–Crippen LogP) is -0.294. The first kappa shape index (κ1) is 14.6. The number of aryl methyl sites for hydroxylation is 1. The lowest BCUT2D eigenvalue weighted by Gasteiger charge is -2.16. The van der Waals surface area contributed by atoms with Gasteiger partial charge in [-0.05, 0) is 13.8 Å². The largest absolute Gasteiger partial charge is 0.360 e. The molecule has 1 heterocycles. The molecule has 9 heteroatoms. The summed E-state index contributed by atoms with van der Waals surface area (Å²) in [6, 6.07) is 0.611. The Balaban J connectivity index is 2.63. The van der Waals surface area contributed by atoms with E-state index in [2.05, 4.69) is 15.2 Å². The van der Waals surface area contributed by atoms with Crippen LogP contribution in [0.5, 0.6) is 0 Å². The molecule has 0 aromatic carbocycles. The number of amides is 1. The molecule has 0 spiro atoms. The highest BCUT2D eigenvalue weighted by molar-refractivity contribution is 7.87. The molecule has 0 aliphatic rings. The molecular weight excluding hydrogens is 260 g/mol. The van der Waals surface area contributed by atoms with Crippen LogP contribution in [-0.2, 0) is 15.0 Å². The number of hydrogen-bond donors (Lipinski definition) is 2. The molecule has 0 fully saturated rings. The van der Waals surface area contributed by atoms with Gasteiger partial charge in [0.05, 0.1) is 6.04 Å². The maximum Gasteiger partial charge on any atom is 0.279 e. The number of anilines is 1. The van der Waals surface area contributed by atoms with Gasteiger partial charge in [0.1, 0.15) is 5.76 Å². The van der Waals surface area contributed by atoms with Crippen molar-refractivity contribution in [1.29, 1.82) is 0 Å². The summed E-state index contributed by atoms with van der Waals surface area (Å²) in [5.74, 6) is 0.272. The van der Waals surface area contributed by atoms with Crippen LogP contribution >= 0.6 is 0 Å². The van der Waals surface area contributed by atoms with Gasteiger partial charge >= 0.3 is 0 Å². The summed E-state index contributed by atoms with van der Waals surface area (Å²) >= 11 is 0. The van der Waals surface area contributed by atoms with Crippen LogP contribution in [0.4, 0.5) is 5.82 Å². The average Bonchev–Trinajstić information content (AvgIpc) is 2.63. The molecule has 0 saturated carbocycles. The lowest BCUT2D eigenvalue weighted by atomic mass is 10.3. The van der Waals surface area contributed by atoms with Crippen LogP contribution in [0.15, 0.2) is 10.6 Å². The van der Waals surface area contributed by atoms with Gasteiger partial charge in [-0.15, -0.1) is 0 Å². The van der Waals surface area contributed by atoms with E-state index in [4.69, 9.17) is 4.52 Å². The van der Waals surface area contributed by atoms with E-state index in [0.717, 1.165) is 4.31 Å². The van der Waals surface area contributed by atoms with Crippen molar-refractivity contribution in [2.24, 2.45) is 0 Å². The van der Waals surface area contributed by atoms with E-state index < -0.39 is 22.2 Å². The Bertz CT molecular complexity index is 522. The SMILES string of the molecule is Cc1cc(NC(=O)[C@@H](C)NS(=O)(=O)N(C)C)no1. The van der Waals surface area contributed by atoms with Crippen molar-refractivity contribution in [3.8, 4) is 0 Å². The van der Waals surface area contributed by atoms with Gasteiger partial charge in [-0.25, -0.2) is 0 Å². The first-order valence-electron chi connectivity index (χ1n) is 5.16. The summed E-state index contributed by atoms with van der Waals surface area (Å²) in [6.07, 6.45) is 0. The number of carbonyl (C=O) groups excluding carboxylic acids is 1. The molecule has 0 radical (unpaired) electrons. The molecule has 1 atom stereocenters. The van der Waals surface area contributed by atoms with Crippen LogP contribution < -0.4 is 10.0 Å². The van der Waals surface area contributed by atoms with E-state index in [9.17, 15) is 13.2 Å². The summed E-state index contributed by atoms with van der Waals surface area (Å²) in [4.78, 5) is 11.7. The first-order chi connectivity index (χ1) is 8.22. The molecule has 0 aliphatic carbocycles. The predicted molar refractivity (Wildman–Crippen MR) is 65.1 cm³/mol. The average molecular weight is 276 g/mol. The molecular formula is C9H16N4O4S. The Morgan fingerprint density at radius 2 is 2.11 bits per heavy atom. The van der Waals surface area contributed by atoms with Gasteiger partial charge in [0, 0.05) is 20.2 Å². The fourth-order valence-electron chi connectivity index (χ4n) is 1.04. The minimum Gasteiger partial charge on any atom is -0.360 e. The van der Waals surface area contributed by atoms with Gasteiger partial charge in [-0.1, -0.05) is 5.16 Å². The Morgan fingerprint density at radius 1 is 1.50 bits per heavy atom. The lowest BCUT2D eigenvalue weighted by Crippen LogP contribution is -2.46. The summed E-state index contributed by atoms with van der Waals surface area (Å²) in [6.45, 7) is 3.12. The second-order valence-corrected chi connectivity index (χ2v) is 5.86. The van der Waals surface area contributed by atoms with E-state index in [0.29, 0.717) is 5.76 Å². The molecule has 18 heavy (non-hydrogen) atoms. The van der Waals surface area contributed by atoms with Crippen molar-refractivity contribution >= 4 is 21.9 Å². The second kappa shape index (κ2) is 5.46. The summed E-state index contributed by atoms with van der Waals surface area (Å²) in [7, 11) is -0.913. The molecule has 1 aromatic heterocycles. The van der Waals surface area contributed by atoms with E-state index in [1.807, 2.05) is 0 Å². The Kier molecular flexibility index (Phi) is 4.43. The zero-order valence-corrected chi connectivity index (χ0v) is 11.4. The summed E-state index contributed by atoms with van der Waals surface area (Å²) in [5, 5.41) is 6.01. The standard InChI is InChI=1S/C9H16N4O4S/c1-6-5-8(11-17-6)10-9(14)7(2)12-18(15,16)13(3)4/h5,7,12H,1-4H3,(H,10,11,14)/t7-/m1/s1. The molecule has 0 bridgehead atoms. The van der Waals surface area contributed by atoms with Crippen LogP contribution in [0.1, 0.15) is 12.7 Å². The number of carbonyl (C=O) groups is 1. The molecule has 1 rings (SSSR count). The first-order valence-corrected chi connectivity index (χ1v) is 6.60. The zero-order chi connectivity index (χ0) is 13.9. The molecule has 102 valence electrons. The van der Waals surface area contributed by atoms with E-state index in [-0.39, 0.29) is 5.82 Å². The lowest BCUT2D eigenvalue weighted by molar-refractivity contribution is -0.117.